The largest absolute Gasteiger partial charge is 0.383 e. The van der Waals surface area contributed by atoms with Gasteiger partial charge in [0.25, 0.3) is 0 Å². The van der Waals surface area contributed by atoms with Gasteiger partial charge in [-0.3, -0.25) is 14.8 Å². The summed E-state index contributed by atoms with van der Waals surface area (Å²) in [6.07, 6.45) is 1.55. The van der Waals surface area contributed by atoms with E-state index >= 15 is 0 Å². The zero-order valence-corrected chi connectivity index (χ0v) is 12.7. The van der Waals surface area contributed by atoms with Crippen molar-refractivity contribution in [3.63, 3.8) is 0 Å². The Labute approximate surface area is 119 Å². The van der Waals surface area contributed by atoms with Crippen molar-refractivity contribution in [1.29, 1.82) is 0 Å². The van der Waals surface area contributed by atoms with Crippen LogP contribution in [0.1, 0.15) is 31.7 Å². The van der Waals surface area contributed by atoms with Gasteiger partial charge in [-0.15, -0.1) is 0 Å². The summed E-state index contributed by atoms with van der Waals surface area (Å²) in [4.78, 5) is 10.9. The molecule has 1 unspecified atom stereocenters. The lowest BCUT2D eigenvalue weighted by Gasteiger charge is -2.17. The van der Waals surface area contributed by atoms with Gasteiger partial charge in [-0.05, 0) is 26.8 Å². The Kier molecular flexibility index (Phi) is 6.60. The molecule has 0 amide bonds. The van der Waals surface area contributed by atoms with Crippen LogP contribution in [0.15, 0.2) is 0 Å². The average molecular weight is 284 g/mol. The standard InChI is InChI=1S/C13H24N4O3/c1-5-7-14-11(9-20-4)8-12-13(17(18)19)10(3)15-16(12)6-2/h11,14H,5-9H2,1-4H3. The molecule has 1 aromatic heterocycles. The van der Waals surface area contributed by atoms with Gasteiger partial charge in [0.15, 0.2) is 0 Å². The molecule has 114 valence electrons. The molecule has 1 aromatic rings. The van der Waals surface area contributed by atoms with Crippen LogP contribution < -0.4 is 5.32 Å². The fourth-order valence-corrected chi connectivity index (χ4v) is 2.29. The molecule has 7 heteroatoms. The molecule has 1 N–H and O–H groups in total. The Morgan fingerprint density at radius 1 is 1.50 bits per heavy atom. The van der Waals surface area contributed by atoms with Crippen LogP contribution in [0.2, 0.25) is 0 Å². The molecular formula is C13H24N4O3. The molecule has 20 heavy (non-hydrogen) atoms. The highest BCUT2D eigenvalue weighted by atomic mass is 16.6. The van der Waals surface area contributed by atoms with Gasteiger partial charge in [0.05, 0.1) is 11.5 Å². The molecule has 0 aliphatic heterocycles. The fourth-order valence-electron chi connectivity index (χ4n) is 2.29. The van der Waals surface area contributed by atoms with E-state index in [9.17, 15) is 10.1 Å². The van der Waals surface area contributed by atoms with E-state index in [0.29, 0.717) is 31.0 Å². The summed E-state index contributed by atoms with van der Waals surface area (Å²) in [7, 11) is 1.64. The van der Waals surface area contributed by atoms with Gasteiger partial charge in [0, 0.05) is 26.1 Å². The number of rotatable bonds is 9. The van der Waals surface area contributed by atoms with Crippen LogP contribution in [-0.2, 0) is 17.7 Å². The van der Waals surface area contributed by atoms with Crippen LogP contribution in [-0.4, -0.2) is 41.0 Å². The van der Waals surface area contributed by atoms with Gasteiger partial charge >= 0.3 is 5.69 Å². The summed E-state index contributed by atoms with van der Waals surface area (Å²) in [5, 5.41) is 18.8. The molecule has 7 nitrogen and oxygen atoms in total. The number of ether oxygens (including phenoxy) is 1. The van der Waals surface area contributed by atoms with E-state index in [4.69, 9.17) is 4.74 Å². The third kappa shape index (κ3) is 4.01. The van der Waals surface area contributed by atoms with Crippen molar-refractivity contribution in [2.45, 2.75) is 46.2 Å². The lowest BCUT2D eigenvalue weighted by atomic mass is 10.1. The molecule has 0 fully saturated rings. The lowest BCUT2D eigenvalue weighted by molar-refractivity contribution is -0.386. The minimum atomic E-state index is -0.340. The lowest BCUT2D eigenvalue weighted by Crippen LogP contribution is -2.36. The molecule has 0 aromatic carbocycles. The monoisotopic (exact) mass is 284 g/mol. The van der Waals surface area contributed by atoms with E-state index in [0.717, 1.165) is 13.0 Å². The van der Waals surface area contributed by atoms with Crippen molar-refractivity contribution in [2.75, 3.05) is 20.3 Å². The molecule has 0 aliphatic carbocycles. The normalized spacial score (nSPS) is 12.6. The second kappa shape index (κ2) is 7.96. The van der Waals surface area contributed by atoms with Gasteiger partial charge in [-0.1, -0.05) is 6.92 Å². The van der Waals surface area contributed by atoms with Gasteiger partial charge in [0.1, 0.15) is 11.4 Å². The molecule has 0 saturated carbocycles. The smallest absolute Gasteiger partial charge is 0.313 e. The van der Waals surface area contributed by atoms with Crippen LogP contribution >= 0.6 is 0 Å². The second-order valence-corrected chi connectivity index (χ2v) is 4.76. The quantitative estimate of drug-likeness (QED) is 0.551. The van der Waals surface area contributed by atoms with E-state index in [-0.39, 0.29) is 16.7 Å². The summed E-state index contributed by atoms with van der Waals surface area (Å²) in [6, 6.07) is 0.0556. The first-order valence-electron chi connectivity index (χ1n) is 6.98. The summed E-state index contributed by atoms with van der Waals surface area (Å²) < 4.78 is 6.90. The van der Waals surface area contributed by atoms with E-state index in [1.165, 1.54) is 0 Å². The van der Waals surface area contributed by atoms with Crippen LogP contribution in [0.25, 0.3) is 0 Å². The first-order chi connectivity index (χ1) is 9.54. The Hall–Kier alpha value is -1.47. The number of nitrogens with one attached hydrogen (secondary N) is 1. The van der Waals surface area contributed by atoms with Gasteiger partial charge in [0.2, 0.25) is 0 Å². The second-order valence-electron chi connectivity index (χ2n) is 4.76. The minimum absolute atomic E-state index is 0.0556. The highest BCUT2D eigenvalue weighted by molar-refractivity contribution is 5.41. The number of aryl methyl sites for hydroxylation is 2. The molecule has 0 radical (unpaired) electrons. The number of aromatic nitrogens is 2. The fraction of sp³-hybridized carbons (Fsp3) is 0.769. The van der Waals surface area contributed by atoms with E-state index in [1.807, 2.05) is 6.92 Å². The number of nitrogens with zero attached hydrogens (tertiary/aromatic N) is 3. The SMILES string of the molecule is CCCNC(COC)Cc1c([N+](=O)[O-])c(C)nn1CC. The van der Waals surface area contributed by atoms with E-state index < -0.39 is 0 Å². The van der Waals surface area contributed by atoms with E-state index in [1.54, 1.807) is 18.7 Å². The zero-order chi connectivity index (χ0) is 15.1. The Morgan fingerprint density at radius 2 is 2.20 bits per heavy atom. The number of methoxy groups -OCH3 is 1. The predicted octanol–water partition coefficient (Wildman–Crippen LogP) is 1.68. The maximum absolute atomic E-state index is 11.2. The molecule has 1 heterocycles. The molecule has 0 saturated heterocycles. The van der Waals surface area contributed by atoms with Crippen molar-refractivity contribution in [2.24, 2.45) is 0 Å². The number of hydrogen-bond acceptors (Lipinski definition) is 5. The molecule has 0 aliphatic rings. The van der Waals surface area contributed by atoms with Crippen molar-refractivity contribution >= 4 is 5.69 Å². The van der Waals surface area contributed by atoms with Crippen molar-refractivity contribution < 1.29 is 9.66 Å². The predicted molar refractivity (Wildman–Crippen MR) is 77.0 cm³/mol. The summed E-state index contributed by atoms with van der Waals surface area (Å²) in [5.74, 6) is 0. The van der Waals surface area contributed by atoms with Crippen molar-refractivity contribution in [3.05, 3.63) is 21.5 Å². The van der Waals surface area contributed by atoms with Gasteiger partial charge < -0.3 is 10.1 Å². The van der Waals surface area contributed by atoms with Crippen LogP contribution in [0.3, 0.4) is 0 Å². The van der Waals surface area contributed by atoms with Crippen LogP contribution in [0, 0.1) is 17.0 Å². The topological polar surface area (TPSA) is 82.2 Å². The van der Waals surface area contributed by atoms with Crippen molar-refractivity contribution in [3.8, 4) is 0 Å². The highest BCUT2D eigenvalue weighted by Crippen LogP contribution is 2.24. The molecule has 0 spiro atoms. The first-order valence-corrected chi connectivity index (χ1v) is 6.98. The molecule has 0 bridgehead atoms. The summed E-state index contributed by atoms with van der Waals surface area (Å²) in [6.45, 7) is 7.70. The van der Waals surface area contributed by atoms with Crippen molar-refractivity contribution in [1.82, 2.24) is 15.1 Å². The Bertz CT molecular complexity index is 445. The maximum Gasteiger partial charge on any atom is 0.313 e. The third-order valence-electron chi connectivity index (χ3n) is 3.17. The summed E-state index contributed by atoms with van der Waals surface area (Å²) in [5.41, 5.74) is 1.27. The number of nitro groups is 1. The van der Waals surface area contributed by atoms with Crippen LogP contribution in [0.4, 0.5) is 5.69 Å². The Balaban J connectivity index is 3.00. The molecule has 1 rings (SSSR count). The molecule has 1 atom stereocenters. The summed E-state index contributed by atoms with van der Waals surface area (Å²) >= 11 is 0. The van der Waals surface area contributed by atoms with Crippen LogP contribution in [0.5, 0.6) is 0 Å². The average Bonchev–Trinajstić information content (AvgIpc) is 2.72. The van der Waals surface area contributed by atoms with Gasteiger partial charge in [-0.2, -0.15) is 5.10 Å². The third-order valence-corrected chi connectivity index (χ3v) is 3.17. The number of hydrogen-bond donors (Lipinski definition) is 1. The van der Waals surface area contributed by atoms with E-state index in [2.05, 4.69) is 17.3 Å². The highest BCUT2D eigenvalue weighted by Gasteiger charge is 2.26. The first kappa shape index (κ1) is 16.6. The molecular weight excluding hydrogens is 260 g/mol. The Morgan fingerprint density at radius 3 is 2.70 bits per heavy atom. The minimum Gasteiger partial charge on any atom is -0.383 e. The maximum atomic E-state index is 11.2. The zero-order valence-electron chi connectivity index (χ0n) is 12.7. The van der Waals surface area contributed by atoms with Gasteiger partial charge in [-0.25, -0.2) is 0 Å².